The maximum absolute atomic E-state index is 13.1. The number of carbonyl (C=O) groups excluding carboxylic acids is 1. The van der Waals surface area contributed by atoms with E-state index in [4.69, 9.17) is 33.2 Å². The lowest BCUT2D eigenvalue weighted by molar-refractivity contribution is 0.0767. The minimum Gasteiger partial charge on any atom is -0.354 e. The van der Waals surface area contributed by atoms with Crippen molar-refractivity contribution < 1.29 is 4.79 Å². The molecular weight excluding hydrogens is 455 g/mol. The third-order valence-electron chi connectivity index (χ3n) is 5.99. The van der Waals surface area contributed by atoms with Crippen molar-refractivity contribution in [3.63, 3.8) is 0 Å². The molecule has 0 radical (unpaired) electrons. The normalized spacial score (nSPS) is 14.3. The van der Waals surface area contributed by atoms with E-state index in [1.54, 1.807) is 18.2 Å². The van der Waals surface area contributed by atoms with E-state index in [2.05, 4.69) is 36.1 Å². The Morgan fingerprint density at radius 2 is 1.76 bits per heavy atom. The van der Waals surface area contributed by atoms with Crippen LogP contribution in [0.25, 0.3) is 0 Å². The van der Waals surface area contributed by atoms with Gasteiger partial charge in [-0.25, -0.2) is 9.97 Å². The molecular formula is C26H28Cl2N4O. The third-order valence-corrected chi connectivity index (χ3v) is 6.73. The Morgan fingerprint density at radius 1 is 0.970 bits per heavy atom. The lowest BCUT2D eigenvalue weighted by Gasteiger charge is -2.26. The van der Waals surface area contributed by atoms with E-state index in [0.717, 1.165) is 43.1 Å². The van der Waals surface area contributed by atoms with Crippen molar-refractivity contribution in [2.45, 2.75) is 33.1 Å². The number of aromatic nitrogens is 2. The van der Waals surface area contributed by atoms with E-state index in [9.17, 15) is 4.79 Å². The molecule has 0 atom stereocenters. The maximum Gasteiger partial charge on any atom is 0.253 e. The molecule has 0 spiro atoms. The maximum atomic E-state index is 13.1. The Kier molecular flexibility index (Phi) is 7.51. The van der Waals surface area contributed by atoms with Gasteiger partial charge in [0.1, 0.15) is 11.6 Å². The molecule has 7 heteroatoms. The van der Waals surface area contributed by atoms with Crippen LogP contribution in [0.15, 0.2) is 48.5 Å². The summed E-state index contributed by atoms with van der Waals surface area (Å²) in [4.78, 5) is 26.9. The number of hydrogen-bond donors (Lipinski definition) is 0. The molecule has 0 bridgehead atoms. The van der Waals surface area contributed by atoms with Crippen LogP contribution in [0.4, 0.5) is 5.82 Å². The van der Waals surface area contributed by atoms with Crippen LogP contribution in [0.3, 0.4) is 0 Å². The van der Waals surface area contributed by atoms with Crippen molar-refractivity contribution in [2.24, 2.45) is 0 Å². The molecule has 0 unspecified atom stereocenters. The van der Waals surface area contributed by atoms with Crippen LogP contribution in [0.1, 0.15) is 46.3 Å². The van der Waals surface area contributed by atoms with E-state index in [0.29, 0.717) is 35.2 Å². The molecule has 1 aliphatic heterocycles. The van der Waals surface area contributed by atoms with Gasteiger partial charge in [-0.1, -0.05) is 60.5 Å². The van der Waals surface area contributed by atoms with Gasteiger partial charge in [-0.05, 0) is 43.5 Å². The lowest BCUT2D eigenvalue weighted by atomic mass is 10.0. The molecule has 0 saturated carbocycles. The summed E-state index contributed by atoms with van der Waals surface area (Å²) in [5, 5.41) is 0.847. The first-order valence-corrected chi connectivity index (χ1v) is 12.1. The zero-order valence-electron chi connectivity index (χ0n) is 19.0. The van der Waals surface area contributed by atoms with Crippen LogP contribution < -0.4 is 4.90 Å². The Hall–Kier alpha value is -2.63. The standard InChI is InChI=1S/C26H28Cl2N4O/c1-3-24-21(16-19-8-5-4-6-9-19)25(30-18(2)29-24)31-12-7-13-32(15-14-31)26(33)20-10-11-22(27)23(28)17-20/h4-6,8-11,17H,3,7,12-16H2,1-2H3. The molecule has 1 fully saturated rings. The number of aryl methyl sites for hydroxylation is 2. The molecule has 1 aliphatic rings. The fraction of sp³-hybridized carbons (Fsp3) is 0.346. The molecule has 33 heavy (non-hydrogen) atoms. The van der Waals surface area contributed by atoms with E-state index in [-0.39, 0.29) is 5.91 Å². The highest BCUT2D eigenvalue weighted by Gasteiger charge is 2.24. The van der Waals surface area contributed by atoms with Gasteiger partial charge in [-0.2, -0.15) is 0 Å². The van der Waals surface area contributed by atoms with Gasteiger partial charge in [0, 0.05) is 49.4 Å². The van der Waals surface area contributed by atoms with Gasteiger partial charge < -0.3 is 9.80 Å². The van der Waals surface area contributed by atoms with Crippen LogP contribution in [0, 0.1) is 6.92 Å². The van der Waals surface area contributed by atoms with E-state index < -0.39 is 0 Å². The number of benzene rings is 2. The van der Waals surface area contributed by atoms with Crippen molar-refractivity contribution in [3.8, 4) is 0 Å². The number of rotatable bonds is 5. The molecule has 1 saturated heterocycles. The summed E-state index contributed by atoms with van der Waals surface area (Å²) < 4.78 is 0. The summed E-state index contributed by atoms with van der Waals surface area (Å²) in [6.07, 6.45) is 2.51. The second-order valence-electron chi connectivity index (χ2n) is 8.30. The van der Waals surface area contributed by atoms with Crippen molar-refractivity contribution in [3.05, 3.63) is 86.8 Å². The number of amides is 1. The van der Waals surface area contributed by atoms with E-state index in [1.165, 1.54) is 11.1 Å². The SMILES string of the molecule is CCc1nc(C)nc(N2CCCN(C(=O)c3ccc(Cl)c(Cl)c3)CC2)c1Cc1ccccc1. The van der Waals surface area contributed by atoms with Crippen LogP contribution in [0.5, 0.6) is 0 Å². The first-order valence-electron chi connectivity index (χ1n) is 11.4. The fourth-order valence-electron chi connectivity index (χ4n) is 4.32. The Bertz CT molecular complexity index is 1140. The summed E-state index contributed by atoms with van der Waals surface area (Å²) in [6, 6.07) is 15.5. The minimum atomic E-state index is -0.0203. The van der Waals surface area contributed by atoms with Crippen LogP contribution >= 0.6 is 23.2 Å². The van der Waals surface area contributed by atoms with Gasteiger partial charge in [-0.3, -0.25) is 4.79 Å². The predicted molar refractivity (Wildman–Crippen MR) is 135 cm³/mol. The predicted octanol–water partition coefficient (Wildman–Crippen LogP) is 5.60. The molecule has 2 aromatic carbocycles. The van der Waals surface area contributed by atoms with Gasteiger partial charge in [0.15, 0.2) is 0 Å². The molecule has 1 aromatic heterocycles. The van der Waals surface area contributed by atoms with E-state index >= 15 is 0 Å². The van der Waals surface area contributed by atoms with Crippen molar-refractivity contribution in [1.82, 2.24) is 14.9 Å². The van der Waals surface area contributed by atoms with Gasteiger partial charge in [0.2, 0.25) is 0 Å². The lowest BCUT2D eigenvalue weighted by Crippen LogP contribution is -2.35. The Morgan fingerprint density at radius 3 is 2.48 bits per heavy atom. The third kappa shape index (κ3) is 5.48. The zero-order valence-corrected chi connectivity index (χ0v) is 20.5. The first-order chi connectivity index (χ1) is 16.0. The summed E-state index contributed by atoms with van der Waals surface area (Å²) in [5.41, 5.74) is 4.08. The molecule has 5 nitrogen and oxygen atoms in total. The summed E-state index contributed by atoms with van der Waals surface area (Å²) >= 11 is 12.2. The smallest absolute Gasteiger partial charge is 0.253 e. The summed E-state index contributed by atoms with van der Waals surface area (Å²) in [7, 11) is 0. The first kappa shape index (κ1) is 23.5. The van der Waals surface area contributed by atoms with Crippen molar-refractivity contribution in [1.29, 1.82) is 0 Å². The van der Waals surface area contributed by atoms with Gasteiger partial charge in [0.25, 0.3) is 5.91 Å². The van der Waals surface area contributed by atoms with Crippen LogP contribution in [-0.2, 0) is 12.8 Å². The van der Waals surface area contributed by atoms with Gasteiger partial charge in [0.05, 0.1) is 10.0 Å². The van der Waals surface area contributed by atoms with Gasteiger partial charge >= 0.3 is 0 Å². The average Bonchev–Trinajstić information content (AvgIpc) is 3.08. The number of carbonyl (C=O) groups is 1. The molecule has 3 aromatic rings. The monoisotopic (exact) mass is 482 g/mol. The number of halogens is 2. The quantitative estimate of drug-likeness (QED) is 0.474. The Balaban J connectivity index is 1.58. The molecule has 0 N–H and O–H groups in total. The van der Waals surface area contributed by atoms with Gasteiger partial charge in [-0.15, -0.1) is 0 Å². The highest BCUT2D eigenvalue weighted by molar-refractivity contribution is 6.42. The number of hydrogen-bond acceptors (Lipinski definition) is 4. The highest BCUT2D eigenvalue weighted by Crippen LogP contribution is 2.27. The topological polar surface area (TPSA) is 49.3 Å². The molecule has 2 heterocycles. The second kappa shape index (κ2) is 10.5. The molecule has 4 rings (SSSR count). The summed E-state index contributed by atoms with van der Waals surface area (Å²) in [6.45, 7) is 6.96. The molecule has 172 valence electrons. The largest absolute Gasteiger partial charge is 0.354 e. The van der Waals surface area contributed by atoms with E-state index in [1.807, 2.05) is 17.9 Å². The van der Waals surface area contributed by atoms with Crippen molar-refractivity contribution in [2.75, 3.05) is 31.1 Å². The minimum absolute atomic E-state index is 0.0203. The fourth-order valence-corrected chi connectivity index (χ4v) is 4.61. The second-order valence-corrected chi connectivity index (χ2v) is 9.11. The summed E-state index contributed by atoms with van der Waals surface area (Å²) in [5.74, 6) is 1.76. The number of anilines is 1. The van der Waals surface area contributed by atoms with Crippen LogP contribution in [-0.4, -0.2) is 47.0 Å². The molecule has 0 aliphatic carbocycles. The number of nitrogens with zero attached hydrogens (tertiary/aromatic N) is 4. The Labute approximate surface area is 205 Å². The van der Waals surface area contributed by atoms with Crippen molar-refractivity contribution >= 4 is 34.9 Å². The average molecular weight is 483 g/mol. The molecule has 1 amide bonds. The highest BCUT2D eigenvalue weighted by atomic mass is 35.5. The zero-order chi connectivity index (χ0) is 23.4. The van der Waals surface area contributed by atoms with Crippen LogP contribution in [0.2, 0.25) is 10.0 Å².